The van der Waals surface area contributed by atoms with E-state index in [0.717, 1.165) is 0 Å². The molecule has 0 aliphatic rings. The lowest BCUT2D eigenvalue weighted by molar-refractivity contribution is 0.0304. The maximum Gasteiger partial charge on any atom is 0.340 e. The number of halogens is 5. The smallest absolute Gasteiger partial charge is 0.340 e. The Labute approximate surface area is 152 Å². The van der Waals surface area contributed by atoms with Crippen LogP contribution in [0.15, 0.2) is 42.7 Å². The van der Waals surface area contributed by atoms with Crippen molar-refractivity contribution in [2.24, 2.45) is 0 Å². The SMILES string of the molecule is O=C(OC(c1cccnc1)C(Cl)(Cl)Cl)c1ccc(Cl)cc1Cl. The Kier molecular flexibility index (Phi) is 5.81. The van der Waals surface area contributed by atoms with E-state index in [-0.39, 0.29) is 10.6 Å². The van der Waals surface area contributed by atoms with E-state index < -0.39 is 15.9 Å². The Morgan fingerprint density at radius 1 is 1.18 bits per heavy atom. The largest absolute Gasteiger partial charge is 0.449 e. The van der Waals surface area contributed by atoms with Gasteiger partial charge in [0.15, 0.2) is 6.10 Å². The van der Waals surface area contributed by atoms with Gasteiger partial charge in [0.25, 0.3) is 0 Å². The number of hydrogen-bond acceptors (Lipinski definition) is 3. The molecule has 0 saturated carbocycles. The van der Waals surface area contributed by atoms with Crippen molar-refractivity contribution in [3.05, 3.63) is 63.9 Å². The van der Waals surface area contributed by atoms with Gasteiger partial charge in [-0.25, -0.2) is 4.79 Å². The third-order valence-corrected chi connectivity index (χ3v) is 3.80. The van der Waals surface area contributed by atoms with Crippen LogP contribution < -0.4 is 0 Å². The predicted octanol–water partition coefficient (Wildman–Crippen LogP) is 5.66. The highest BCUT2D eigenvalue weighted by atomic mass is 35.6. The van der Waals surface area contributed by atoms with Gasteiger partial charge in [0.2, 0.25) is 3.79 Å². The zero-order chi connectivity index (χ0) is 16.3. The van der Waals surface area contributed by atoms with E-state index in [1.165, 1.54) is 24.4 Å². The Hall–Kier alpha value is -0.710. The van der Waals surface area contributed by atoms with Crippen LogP contribution in [0.25, 0.3) is 0 Å². The first-order valence-electron chi connectivity index (χ1n) is 5.91. The molecule has 0 bridgehead atoms. The van der Waals surface area contributed by atoms with Gasteiger partial charge in [-0.1, -0.05) is 64.1 Å². The number of hydrogen-bond donors (Lipinski definition) is 0. The molecule has 1 unspecified atom stereocenters. The molecule has 8 heteroatoms. The summed E-state index contributed by atoms with van der Waals surface area (Å²) in [6, 6.07) is 7.65. The van der Waals surface area contributed by atoms with Crippen LogP contribution in [0.3, 0.4) is 0 Å². The summed E-state index contributed by atoms with van der Waals surface area (Å²) in [7, 11) is 0. The average Bonchev–Trinajstić information content (AvgIpc) is 2.44. The third-order valence-electron chi connectivity index (χ3n) is 2.66. The summed E-state index contributed by atoms with van der Waals surface area (Å²) in [6.07, 6.45) is 1.87. The standard InChI is InChI=1S/C14H8Cl5NO2/c15-9-3-4-10(11(16)6-9)13(21)22-12(14(17,18)19)8-2-1-5-20-7-8/h1-7,12H. The van der Waals surface area contributed by atoms with E-state index in [9.17, 15) is 4.79 Å². The van der Waals surface area contributed by atoms with E-state index in [0.29, 0.717) is 10.6 Å². The van der Waals surface area contributed by atoms with Gasteiger partial charge in [-0.3, -0.25) is 4.98 Å². The van der Waals surface area contributed by atoms with E-state index in [1.807, 2.05) is 0 Å². The van der Waals surface area contributed by atoms with Gasteiger partial charge in [0.1, 0.15) is 0 Å². The Morgan fingerprint density at radius 2 is 1.91 bits per heavy atom. The molecule has 3 nitrogen and oxygen atoms in total. The molecule has 0 fully saturated rings. The van der Waals surface area contributed by atoms with Gasteiger partial charge in [-0.15, -0.1) is 0 Å². The minimum atomic E-state index is -1.86. The number of nitrogens with zero attached hydrogens (tertiary/aromatic N) is 1. The molecule has 0 spiro atoms. The summed E-state index contributed by atoms with van der Waals surface area (Å²) in [4.78, 5) is 16.2. The summed E-state index contributed by atoms with van der Waals surface area (Å²) in [6.45, 7) is 0. The minimum absolute atomic E-state index is 0.120. The van der Waals surface area contributed by atoms with Crippen molar-refractivity contribution in [1.29, 1.82) is 0 Å². The molecule has 2 rings (SSSR count). The van der Waals surface area contributed by atoms with Crippen LogP contribution in [-0.2, 0) is 4.74 Å². The van der Waals surface area contributed by atoms with Gasteiger partial charge >= 0.3 is 5.97 Å². The average molecular weight is 399 g/mol. The topological polar surface area (TPSA) is 39.2 Å². The summed E-state index contributed by atoms with van der Waals surface area (Å²) >= 11 is 29.5. The van der Waals surface area contributed by atoms with Crippen LogP contribution in [0.1, 0.15) is 22.0 Å². The summed E-state index contributed by atoms with van der Waals surface area (Å²) in [5, 5.41) is 0.540. The highest BCUT2D eigenvalue weighted by Gasteiger charge is 2.38. The fourth-order valence-corrected chi connectivity index (χ4v) is 2.68. The van der Waals surface area contributed by atoms with Crippen molar-refractivity contribution >= 4 is 64.0 Å². The first kappa shape index (κ1) is 17.6. The summed E-state index contributed by atoms with van der Waals surface area (Å²) < 4.78 is 3.44. The molecular weight excluding hydrogens is 391 g/mol. The highest BCUT2D eigenvalue weighted by molar-refractivity contribution is 6.68. The number of carbonyl (C=O) groups excluding carboxylic acids is 1. The van der Waals surface area contributed by atoms with Crippen molar-refractivity contribution in [2.75, 3.05) is 0 Å². The van der Waals surface area contributed by atoms with Gasteiger partial charge in [0, 0.05) is 23.0 Å². The number of alkyl halides is 3. The number of esters is 1. The molecule has 0 amide bonds. The van der Waals surface area contributed by atoms with Crippen LogP contribution in [0, 0.1) is 0 Å². The number of benzene rings is 1. The van der Waals surface area contributed by atoms with Gasteiger partial charge < -0.3 is 4.74 Å². The predicted molar refractivity (Wildman–Crippen MR) is 89.1 cm³/mol. The van der Waals surface area contributed by atoms with Crippen LogP contribution in [0.4, 0.5) is 0 Å². The van der Waals surface area contributed by atoms with Crippen LogP contribution in [0.5, 0.6) is 0 Å². The number of carbonyl (C=O) groups is 1. The Morgan fingerprint density at radius 3 is 2.45 bits per heavy atom. The fraction of sp³-hybridized carbons (Fsp3) is 0.143. The van der Waals surface area contributed by atoms with Crippen molar-refractivity contribution < 1.29 is 9.53 Å². The Balaban J connectivity index is 2.30. The maximum absolute atomic E-state index is 12.3. The maximum atomic E-state index is 12.3. The fourth-order valence-electron chi connectivity index (χ4n) is 1.68. The Bertz CT molecular complexity index is 673. The number of rotatable bonds is 3. The molecule has 116 valence electrons. The molecule has 1 aromatic carbocycles. The van der Waals surface area contributed by atoms with Crippen molar-refractivity contribution in [3.63, 3.8) is 0 Å². The second kappa shape index (κ2) is 7.24. The molecule has 0 N–H and O–H groups in total. The van der Waals surface area contributed by atoms with Gasteiger partial charge in [-0.05, 0) is 24.3 Å². The summed E-state index contributed by atoms with van der Waals surface area (Å²) in [5.41, 5.74) is 0.565. The molecule has 1 heterocycles. The van der Waals surface area contributed by atoms with E-state index >= 15 is 0 Å². The molecule has 0 aliphatic carbocycles. The van der Waals surface area contributed by atoms with Crippen molar-refractivity contribution in [2.45, 2.75) is 9.90 Å². The highest BCUT2D eigenvalue weighted by Crippen LogP contribution is 2.42. The number of aromatic nitrogens is 1. The lowest BCUT2D eigenvalue weighted by Gasteiger charge is -2.24. The third kappa shape index (κ3) is 4.40. The normalized spacial score (nSPS) is 12.8. The number of pyridine rings is 1. The van der Waals surface area contributed by atoms with Crippen LogP contribution in [0.2, 0.25) is 10.0 Å². The zero-order valence-corrected chi connectivity index (χ0v) is 14.6. The lowest BCUT2D eigenvalue weighted by atomic mass is 10.1. The van der Waals surface area contributed by atoms with Crippen LogP contribution >= 0.6 is 58.0 Å². The first-order valence-corrected chi connectivity index (χ1v) is 7.80. The molecular formula is C14H8Cl5NO2. The first-order chi connectivity index (χ1) is 10.3. The molecule has 22 heavy (non-hydrogen) atoms. The molecule has 1 aromatic heterocycles. The minimum Gasteiger partial charge on any atom is -0.449 e. The number of ether oxygens (including phenoxy) is 1. The summed E-state index contributed by atoms with van der Waals surface area (Å²) in [5.74, 6) is -0.734. The van der Waals surface area contributed by atoms with Gasteiger partial charge in [0.05, 0.1) is 10.6 Å². The van der Waals surface area contributed by atoms with E-state index in [2.05, 4.69) is 4.98 Å². The van der Waals surface area contributed by atoms with Crippen molar-refractivity contribution in [1.82, 2.24) is 4.98 Å². The molecule has 0 aliphatic heterocycles. The second-order valence-corrected chi connectivity index (χ2v) is 7.45. The lowest BCUT2D eigenvalue weighted by Crippen LogP contribution is -2.24. The quantitative estimate of drug-likeness (QED) is 0.494. The molecule has 0 saturated heterocycles. The molecule has 0 radical (unpaired) electrons. The zero-order valence-electron chi connectivity index (χ0n) is 10.8. The second-order valence-electron chi connectivity index (χ2n) is 4.24. The van der Waals surface area contributed by atoms with Crippen molar-refractivity contribution in [3.8, 4) is 0 Å². The monoisotopic (exact) mass is 397 g/mol. The van der Waals surface area contributed by atoms with E-state index in [4.69, 9.17) is 62.7 Å². The molecule has 1 atom stereocenters. The van der Waals surface area contributed by atoms with E-state index in [1.54, 1.807) is 18.3 Å². The molecule has 2 aromatic rings. The van der Waals surface area contributed by atoms with Gasteiger partial charge in [-0.2, -0.15) is 0 Å². The van der Waals surface area contributed by atoms with Crippen LogP contribution in [-0.4, -0.2) is 14.7 Å².